The molecule has 0 aromatic heterocycles. The number of amides is 1. The van der Waals surface area contributed by atoms with Crippen LogP contribution in [0.4, 0.5) is 0 Å². The molecule has 3 nitrogen and oxygen atoms in total. The average Bonchev–Trinajstić information content (AvgIpc) is 2.40. The maximum absolute atomic E-state index is 11.8. The molecule has 0 saturated carbocycles. The molecule has 82 valence electrons. The van der Waals surface area contributed by atoms with Gasteiger partial charge in [0.1, 0.15) is 5.72 Å². The Bertz CT molecular complexity index is 223. The first-order valence-corrected chi connectivity index (χ1v) is 5.36. The zero-order valence-corrected chi connectivity index (χ0v) is 9.83. The molecule has 1 rings (SSSR count). The monoisotopic (exact) mass is 199 g/mol. The van der Waals surface area contributed by atoms with E-state index in [0.29, 0.717) is 18.9 Å². The van der Waals surface area contributed by atoms with Crippen molar-refractivity contribution in [2.24, 2.45) is 5.92 Å². The quantitative estimate of drug-likeness (QED) is 0.681. The first-order chi connectivity index (χ1) is 6.40. The third kappa shape index (κ3) is 1.92. The SMILES string of the molecule is CCC(=O)N1C(C(C)C)COC1(C)C. The first kappa shape index (κ1) is 11.5. The predicted molar refractivity (Wildman–Crippen MR) is 55.8 cm³/mol. The van der Waals surface area contributed by atoms with Crippen molar-refractivity contribution in [2.45, 2.75) is 52.8 Å². The second-order valence-electron chi connectivity index (χ2n) is 4.69. The van der Waals surface area contributed by atoms with Gasteiger partial charge in [0.15, 0.2) is 0 Å². The summed E-state index contributed by atoms with van der Waals surface area (Å²) in [5.74, 6) is 0.637. The van der Waals surface area contributed by atoms with Crippen LogP contribution in [0, 0.1) is 5.92 Å². The lowest BCUT2D eigenvalue weighted by molar-refractivity contribution is -0.146. The van der Waals surface area contributed by atoms with Crippen LogP contribution in [0.25, 0.3) is 0 Å². The summed E-state index contributed by atoms with van der Waals surface area (Å²) in [5.41, 5.74) is -0.429. The van der Waals surface area contributed by atoms with Crippen molar-refractivity contribution < 1.29 is 9.53 Å². The third-order valence-corrected chi connectivity index (χ3v) is 2.86. The molecule has 1 fully saturated rings. The van der Waals surface area contributed by atoms with E-state index >= 15 is 0 Å². The molecule has 1 unspecified atom stereocenters. The minimum absolute atomic E-state index is 0.186. The van der Waals surface area contributed by atoms with Gasteiger partial charge in [0.05, 0.1) is 12.6 Å². The molecule has 14 heavy (non-hydrogen) atoms. The van der Waals surface area contributed by atoms with Gasteiger partial charge in [-0.25, -0.2) is 0 Å². The fraction of sp³-hybridized carbons (Fsp3) is 0.909. The highest BCUT2D eigenvalue weighted by molar-refractivity contribution is 5.77. The van der Waals surface area contributed by atoms with Gasteiger partial charge in [-0.05, 0) is 19.8 Å². The summed E-state index contributed by atoms with van der Waals surface area (Å²) in [6, 6.07) is 0.234. The molecule has 1 aliphatic heterocycles. The molecule has 0 aliphatic carbocycles. The van der Waals surface area contributed by atoms with Gasteiger partial charge in [-0.1, -0.05) is 20.8 Å². The maximum Gasteiger partial charge on any atom is 0.224 e. The summed E-state index contributed by atoms with van der Waals surface area (Å²) in [4.78, 5) is 13.7. The summed E-state index contributed by atoms with van der Waals surface area (Å²) < 4.78 is 5.65. The number of carbonyl (C=O) groups excluding carboxylic acids is 1. The van der Waals surface area contributed by atoms with E-state index in [-0.39, 0.29) is 11.9 Å². The molecule has 1 heterocycles. The van der Waals surface area contributed by atoms with Gasteiger partial charge in [-0.15, -0.1) is 0 Å². The number of carbonyl (C=O) groups is 1. The van der Waals surface area contributed by atoms with Crippen molar-refractivity contribution in [3.63, 3.8) is 0 Å². The van der Waals surface area contributed by atoms with Crippen molar-refractivity contribution in [3.8, 4) is 0 Å². The Labute approximate surface area is 86.4 Å². The van der Waals surface area contributed by atoms with Crippen LogP contribution < -0.4 is 0 Å². The second-order valence-corrected chi connectivity index (χ2v) is 4.69. The molecular formula is C11H21NO2. The molecule has 0 bridgehead atoms. The van der Waals surface area contributed by atoms with E-state index in [9.17, 15) is 4.79 Å². The van der Waals surface area contributed by atoms with Gasteiger partial charge in [0.25, 0.3) is 0 Å². The lowest BCUT2D eigenvalue weighted by atomic mass is 10.0. The van der Waals surface area contributed by atoms with Gasteiger partial charge in [-0.3, -0.25) is 4.79 Å². The van der Waals surface area contributed by atoms with Gasteiger partial charge in [0.2, 0.25) is 5.91 Å². The lowest BCUT2D eigenvalue weighted by Gasteiger charge is -2.35. The van der Waals surface area contributed by atoms with Gasteiger partial charge < -0.3 is 9.64 Å². The Morgan fingerprint density at radius 2 is 2.14 bits per heavy atom. The van der Waals surface area contributed by atoms with Crippen LogP contribution in [0.1, 0.15) is 41.0 Å². The molecule has 0 radical (unpaired) electrons. The van der Waals surface area contributed by atoms with Crippen molar-refractivity contribution in [3.05, 3.63) is 0 Å². The number of rotatable bonds is 2. The molecular weight excluding hydrogens is 178 g/mol. The number of nitrogens with zero attached hydrogens (tertiary/aromatic N) is 1. The molecule has 0 aromatic rings. The minimum Gasteiger partial charge on any atom is -0.354 e. The van der Waals surface area contributed by atoms with Crippen molar-refractivity contribution in [1.82, 2.24) is 4.90 Å². The lowest BCUT2D eigenvalue weighted by Crippen LogP contribution is -2.49. The summed E-state index contributed by atoms with van der Waals surface area (Å²) in [6.45, 7) is 10.7. The topological polar surface area (TPSA) is 29.5 Å². The van der Waals surface area contributed by atoms with E-state index in [0.717, 1.165) is 0 Å². The van der Waals surface area contributed by atoms with Gasteiger partial charge >= 0.3 is 0 Å². The standard InChI is InChI=1S/C11H21NO2/c1-6-10(13)12-9(8(2)3)7-14-11(12,4)5/h8-9H,6-7H2,1-5H3. The summed E-state index contributed by atoms with van der Waals surface area (Å²) >= 11 is 0. The zero-order chi connectivity index (χ0) is 10.9. The van der Waals surface area contributed by atoms with E-state index in [2.05, 4.69) is 13.8 Å². The summed E-state index contributed by atoms with van der Waals surface area (Å²) in [7, 11) is 0. The molecule has 0 aromatic carbocycles. The van der Waals surface area contributed by atoms with Crippen LogP contribution in [0.15, 0.2) is 0 Å². The van der Waals surface area contributed by atoms with E-state index in [1.165, 1.54) is 0 Å². The zero-order valence-electron chi connectivity index (χ0n) is 9.83. The van der Waals surface area contributed by atoms with Gasteiger partial charge in [-0.2, -0.15) is 0 Å². The second kappa shape index (κ2) is 3.89. The summed E-state index contributed by atoms with van der Waals surface area (Å²) in [6.07, 6.45) is 0.552. The fourth-order valence-corrected chi connectivity index (χ4v) is 1.98. The number of hydrogen-bond donors (Lipinski definition) is 0. The van der Waals surface area contributed by atoms with E-state index < -0.39 is 5.72 Å². The van der Waals surface area contributed by atoms with E-state index in [4.69, 9.17) is 4.74 Å². The fourth-order valence-electron chi connectivity index (χ4n) is 1.98. The Morgan fingerprint density at radius 3 is 2.57 bits per heavy atom. The van der Waals surface area contributed by atoms with E-state index in [1.807, 2.05) is 25.7 Å². The Kier molecular flexibility index (Phi) is 3.20. The van der Waals surface area contributed by atoms with Crippen molar-refractivity contribution in [2.75, 3.05) is 6.61 Å². The average molecular weight is 199 g/mol. The highest BCUT2D eigenvalue weighted by Gasteiger charge is 2.43. The Morgan fingerprint density at radius 1 is 1.57 bits per heavy atom. The molecule has 3 heteroatoms. The van der Waals surface area contributed by atoms with Crippen LogP contribution >= 0.6 is 0 Å². The highest BCUT2D eigenvalue weighted by atomic mass is 16.5. The van der Waals surface area contributed by atoms with E-state index in [1.54, 1.807) is 0 Å². The summed E-state index contributed by atoms with van der Waals surface area (Å²) in [5, 5.41) is 0. The molecule has 1 aliphatic rings. The van der Waals surface area contributed by atoms with Crippen LogP contribution in [0.2, 0.25) is 0 Å². The number of hydrogen-bond acceptors (Lipinski definition) is 2. The minimum atomic E-state index is -0.429. The van der Waals surface area contributed by atoms with Crippen molar-refractivity contribution in [1.29, 1.82) is 0 Å². The first-order valence-electron chi connectivity index (χ1n) is 5.36. The van der Waals surface area contributed by atoms with Crippen LogP contribution in [0.5, 0.6) is 0 Å². The van der Waals surface area contributed by atoms with Crippen LogP contribution in [-0.2, 0) is 9.53 Å². The van der Waals surface area contributed by atoms with Crippen LogP contribution in [-0.4, -0.2) is 29.2 Å². The Balaban J connectivity index is 2.87. The molecule has 1 atom stereocenters. The Hall–Kier alpha value is -0.570. The largest absolute Gasteiger partial charge is 0.354 e. The van der Waals surface area contributed by atoms with Crippen molar-refractivity contribution >= 4 is 5.91 Å². The van der Waals surface area contributed by atoms with Crippen LogP contribution in [0.3, 0.4) is 0 Å². The predicted octanol–water partition coefficient (Wildman–Crippen LogP) is 2.02. The highest BCUT2D eigenvalue weighted by Crippen LogP contribution is 2.31. The third-order valence-electron chi connectivity index (χ3n) is 2.86. The number of ether oxygens (including phenoxy) is 1. The van der Waals surface area contributed by atoms with Gasteiger partial charge in [0, 0.05) is 6.42 Å². The smallest absolute Gasteiger partial charge is 0.224 e. The molecule has 0 spiro atoms. The molecule has 0 N–H and O–H groups in total. The maximum atomic E-state index is 11.8. The normalized spacial score (nSPS) is 25.9. The molecule has 1 amide bonds. The molecule has 1 saturated heterocycles.